The number of aliphatic hydroxyl groups is 1. The minimum absolute atomic E-state index is 0.000510. The van der Waals surface area contributed by atoms with Crippen molar-refractivity contribution in [3.8, 4) is 0 Å². The van der Waals surface area contributed by atoms with Crippen LogP contribution < -0.4 is 10.6 Å². The molecule has 0 spiro atoms. The molecular weight excluding hydrogens is 330 g/mol. The van der Waals surface area contributed by atoms with Crippen molar-refractivity contribution < 1.29 is 14.7 Å². The first-order chi connectivity index (χ1) is 12.6. The number of amides is 2. The number of piperidine rings is 1. The first-order valence-corrected chi connectivity index (χ1v) is 9.56. The average molecular weight is 359 g/mol. The Kier molecular flexibility index (Phi) is 6.27. The Morgan fingerprint density at radius 3 is 2.62 bits per heavy atom. The first-order valence-electron chi connectivity index (χ1n) is 9.56. The Balaban J connectivity index is 1.42. The van der Waals surface area contributed by atoms with E-state index in [2.05, 4.69) is 39.8 Å². The third-order valence-electron chi connectivity index (χ3n) is 5.65. The average Bonchev–Trinajstić information content (AvgIpc) is 2.66. The van der Waals surface area contributed by atoms with Crippen LogP contribution in [0.2, 0.25) is 0 Å². The molecule has 1 aromatic carbocycles. The van der Waals surface area contributed by atoms with E-state index in [0.717, 1.165) is 32.5 Å². The van der Waals surface area contributed by atoms with Crippen LogP contribution in [0.3, 0.4) is 0 Å². The molecule has 2 heterocycles. The van der Waals surface area contributed by atoms with Crippen molar-refractivity contribution in [1.29, 1.82) is 0 Å². The van der Waals surface area contributed by atoms with E-state index in [4.69, 9.17) is 5.11 Å². The van der Waals surface area contributed by atoms with Gasteiger partial charge in [-0.1, -0.05) is 37.3 Å². The summed E-state index contributed by atoms with van der Waals surface area (Å²) in [7, 11) is 0. The highest BCUT2D eigenvalue weighted by atomic mass is 16.3. The van der Waals surface area contributed by atoms with Crippen LogP contribution >= 0.6 is 0 Å². The van der Waals surface area contributed by atoms with Gasteiger partial charge in [-0.15, -0.1) is 0 Å². The highest BCUT2D eigenvalue weighted by Crippen LogP contribution is 2.25. The number of aliphatic hydroxyl groups excluding tert-OH is 1. The fourth-order valence-electron chi connectivity index (χ4n) is 3.93. The predicted octanol–water partition coefficient (Wildman–Crippen LogP) is 0.900. The first kappa shape index (κ1) is 18.9. The van der Waals surface area contributed by atoms with Gasteiger partial charge in [-0.25, -0.2) is 0 Å². The van der Waals surface area contributed by atoms with E-state index in [1.54, 1.807) is 0 Å². The molecular formula is C20H29N3O3. The number of carbonyl (C=O) groups is 2. The zero-order chi connectivity index (χ0) is 18.5. The maximum atomic E-state index is 12.5. The van der Waals surface area contributed by atoms with Crippen LogP contribution in [0.1, 0.15) is 31.7 Å². The van der Waals surface area contributed by atoms with Gasteiger partial charge in [-0.3, -0.25) is 14.5 Å². The van der Waals surface area contributed by atoms with Gasteiger partial charge in [0.05, 0.1) is 17.9 Å². The lowest BCUT2D eigenvalue weighted by Gasteiger charge is -2.40. The van der Waals surface area contributed by atoms with Crippen molar-refractivity contribution in [2.75, 3.05) is 19.7 Å². The number of benzene rings is 1. The molecule has 0 saturated carbocycles. The second-order valence-corrected chi connectivity index (χ2v) is 7.49. The van der Waals surface area contributed by atoms with Gasteiger partial charge >= 0.3 is 0 Å². The monoisotopic (exact) mass is 359 g/mol. The van der Waals surface area contributed by atoms with Crippen molar-refractivity contribution in [1.82, 2.24) is 15.5 Å². The van der Waals surface area contributed by atoms with Gasteiger partial charge < -0.3 is 15.7 Å². The SMILES string of the molecule is C[C@@H](C(=O)NC1CCN(Cc2ccccc2)CC1)[C@H]1NC(=O)[C@H]1CCO. The summed E-state index contributed by atoms with van der Waals surface area (Å²) in [6, 6.07) is 10.5. The fourth-order valence-corrected chi connectivity index (χ4v) is 3.93. The quantitative estimate of drug-likeness (QED) is 0.632. The van der Waals surface area contributed by atoms with E-state index in [-0.39, 0.29) is 42.3 Å². The molecule has 1 aromatic rings. The largest absolute Gasteiger partial charge is 0.396 e. The Bertz CT molecular complexity index is 614. The fraction of sp³-hybridized carbons (Fsp3) is 0.600. The molecule has 3 atom stereocenters. The van der Waals surface area contributed by atoms with Crippen molar-refractivity contribution in [2.45, 2.75) is 44.8 Å². The molecule has 3 N–H and O–H groups in total. The molecule has 2 aliphatic rings. The molecule has 0 aromatic heterocycles. The molecule has 6 heteroatoms. The second-order valence-electron chi connectivity index (χ2n) is 7.49. The summed E-state index contributed by atoms with van der Waals surface area (Å²) < 4.78 is 0. The number of nitrogens with zero attached hydrogens (tertiary/aromatic N) is 1. The van der Waals surface area contributed by atoms with E-state index in [9.17, 15) is 9.59 Å². The van der Waals surface area contributed by atoms with Crippen molar-refractivity contribution in [3.63, 3.8) is 0 Å². The van der Waals surface area contributed by atoms with Crippen molar-refractivity contribution in [3.05, 3.63) is 35.9 Å². The molecule has 26 heavy (non-hydrogen) atoms. The minimum atomic E-state index is -0.272. The topological polar surface area (TPSA) is 81.7 Å². The number of rotatable bonds is 7. The van der Waals surface area contributed by atoms with E-state index in [0.29, 0.717) is 6.42 Å². The Labute approximate surface area is 155 Å². The van der Waals surface area contributed by atoms with Crippen molar-refractivity contribution in [2.24, 2.45) is 11.8 Å². The minimum Gasteiger partial charge on any atom is -0.396 e. The second kappa shape index (κ2) is 8.64. The van der Waals surface area contributed by atoms with Crippen LogP contribution in [-0.2, 0) is 16.1 Å². The highest BCUT2D eigenvalue weighted by molar-refractivity contribution is 5.89. The number of nitrogens with one attached hydrogen (secondary N) is 2. The van der Waals surface area contributed by atoms with Crippen LogP contribution in [0, 0.1) is 11.8 Å². The standard InChI is InChI=1S/C20H29N3O3/c1-14(18-17(9-12-24)20(26)22-18)19(25)21-16-7-10-23(11-8-16)13-15-5-3-2-4-6-15/h2-6,14,16-18,24H,7-13H2,1H3,(H,21,25)(H,22,26)/t14-,17+,18-/m1/s1. The number of hydrogen-bond acceptors (Lipinski definition) is 4. The van der Waals surface area contributed by atoms with Crippen LogP contribution in [0.5, 0.6) is 0 Å². The summed E-state index contributed by atoms with van der Waals surface area (Å²) >= 11 is 0. The van der Waals surface area contributed by atoms with Crippen LogP contribution in [0.15, 0.2) is 30.3 Å². The normalized spacial score (nSPS) is 25.2. The maximum Gasteiger partial charge on any atom is 0.225 e. The van der Waals surface area contributed by atoms with Gasteiger partial charge in [-0.2, -0.15) is 0 Å². The third-order valence-corrected chi connectivity index (χ3v) is 5.65. The summed E-state index contributed by atoms with van der Waals surface area (Å²) in [5.41, 5.74) is 1.32. The summed E-state index contributed by atoms with van der Waals surface area (Å²) in [6.07, 6.45) is 2.32. The number of β-lactam (4-membered cyclic amide) rings is 1. The van der Waals surface area contributed by atoms with E-state index < -0.39 is 0 Å². The zero-order valence-electron chi connectivity index (χ0n) is 15.4. The number of carbonyl (C=O) groups excluding carboxylic acids is 2. The summed E-state index contributed by atoms with van der Waals surface area (Å²) in [4.78, 5) is 26.5. The van der Waals surface area contributed by atoms with Crippen LogP contribution in [0.4, 0.5) is 0 Å². The molecule has 142 valence electrons. The van der Waals surface area contributed by atoms with Crippen molar-refractivity contribution >= 4 is 11.8 Å². The van der Waals surface area contributed by atoms with Gasteiger partial charge in [0.2, 0.25) is 11.8 Å². The van der Waals surface area contributed by atoms with Gasteiger partial charge in [0.25, 0.3) is 0 Å². The molecule has 0 bridgehead atoms. The third kappa shape index (κ3) is 4.43. The molecule has 2 aliphatic heterocycles. The number of likely N-dealkylation sites (tertiary alicyclic amines) is 1. The van der Waals surface area contributed by atoms with E-state index in [1.807, 2.05) is 13.0 Å². The van der Waals surface area contributed by atoms with Crippen LogP contribution in [0.25, 0.3) is 0 Å². The molecule has 0 unspecified atom stereocenters. The van der Waals surface area contributed by atoms with Gasteiger partial charge in [-0.05, 0) is 24.8 Å². The smallest absolute Gasteiger partial charge is 0.225 e. The summed E-state index contributed by atoms with van der Waals surface area (Å²) in [5.74, 6) is -0.572. The van der Waals surface area contributed by atoms with E-state index in [1.165, 1.54) is 5.56 Å². The lowest BCUT2D eigenvalue weighted by Crippen LogP contribution is -2.63. The maximum absolute atomic E-state index is 12.5. The molecule has 2 fully saturated rings. The Morgan fingerprint density at radius 2 is 2.00 bits per heavy atom. The molecule has 0 aliphatic carbocycles. The Morgan fingerprint density at radius 1 is 1.31 bits per heavy atom. The number of hydrogen-bond donors (Lipinski definition) is 3. The van der Waals surface area contributed by atoms with E-state index >= 15 is 0 Å². The molecule has 2 amide bonds. The van der Waals surface area contributed by atoms with Crippen LogP contribution in [-0.4, -0.2) is 53.6 Å². The lowest BCUT2D eigenvalue weighted by molar-refractivity contribution is -0.141. The van der Waals surface area contributed by atoms with Gasteiger partial charge in [0, 0.05) is 32.3 Å². The summed E-state index contributed by atoms with van der Waals surface area (Å²) in [6.45, 7) is 4.73. The molecule has 6 nitrogen and oxygen atoms in total. The molecule has 0 radical (unpaired) electrons. The summed E-state index contributed by atoms with van der Waals surface area (Å²) in [5, 5.41) is 15.0. The molecule has 2 saturated heterocycles. The predicted molar refractivity (Wildman–Crippen MR) is 99.2 cm³/mol. The Hall–Kier alpha value is -1.92. The zero-order valence-corrected chi connectivity index (χ0v) is 15.4. The lowest BCUT2D eigenvalue weighted by atomic mass is 9.79. The highest BCUT2D eigenvalue weighted by Gasteiger charge is 2.44. The van der Waals surface area contributed by atoms with Gasteiger partial charge in [0.15, 0.2) is 0 Å². The molecule has 3 rings (SSSR count). The van der Waals surface area contributed by atoms with Gasteiger partial charge in [0.1, 0.15) is 0 Å².